The number of rotatable bonds is 1. The Morgan fingerprint density at radius 1 is 1.10 bits per heavy atom. The predicted molar refractivity (Wildman–Crippen MR) is 80.7 cm³/mol. The van der Waals surface area contributed by atoms with Gasteiger partial charge < -0.3 is 9.80 Å². The molecule has 1 aromatic rings. The fourth-order valence-electron chi connectivity index (χ4n) is 3.36. The summed E-state index contributed by atoms with van der Waals surface area (Å²) in [6.45, 7) is 1.64. The predicted octanol–water partition coefficient (Wildman–Crippen LogP) is 2.14. The van der Waals surface area contributed by atoms with Gasteiger partial charge in [-0.25, -0.2) is 0 Å². The molecule has 1 saturated heterocycles. The van der Waals surface area contributed by atoms with Gasteiger partial charge in [-0.15, -0.1) is 0 Å². The minimum absolute atomic E-state index is 0.0295. The van der Waals surface area contributed by atoms with Gasteiger partial charge >= 0.3 is 0 Å². The van der Waals surface area contributed by atoms with Crippen molar-refractivity contribution in [3.8, 4) is 0 Å². The molecular weight excluding hydrogens is 264 g/mol. The SMILES string of the molecule is CN1C(=O)Cc2ccccc2C1C(=O)N1CCCCCC1. The third-order valence-electron chi connectivity index (χ3n) is 4.62. The molecule has 21 heavy (non-hydrogen) atoms. The molecule has 2 amide bonds. The molecule has 1 atom stereocenters. The average Bonchev–Trinajstić information content (AvgIpc) is 2.77. The van der Waals surface area contributed by atoms with E-state index in [2.05, 4.69) is 0 Å². The lowest BCUT2D eigenvalue weighted by Gasteiger charge is -2.36. The average molecular weight is 286 g/mol. The van der Waals surface area contributed by atoms with Gasteiger partial charge in [-0.2, -0.15) is 0 Å². The minimum atomic E-state index is -0.444. The molecule has 0 aliphatic carbocycles. The smallest absolute Gasteiger partial charge is 0.250 e. The van der Waals surface area contributed by atoms with Crippen LogP contribution in [-0.2, 0) is 16.0 Å². The Labute approximate surface area is 125 Å². The first-order chi connectivity index (χ1) is 10.2. The highest BCUT2D eigenvalue weighted by molar-refractivity contribution is 5.92. The summed E-state index contributed by atoms with van der Waals surface area (Å²) in [5.74, 6) is 0.113. The second-order valence-corrected chi connectivity index (χ2v) is 6.02. The summed E-state index contributed by atoms with van der Waals surface area (Å²) in [6, 6.07) is 7.39. The summed E-state index contributed by atoms with van der Waals surface area (Å²) in [5, 5.41) is 0. The number of likely N-dealkylation sites (N-methyl/N-ethyl adjacent to an activating group) is 1. The Hall–Kier alpha value is -1.84. The van der Waals surface area contributed by atoms with Crippen molar-refractivity contribution in [1.29, 1.82) is 0 Å². The van der Waals surface area contributed by atoms with Crippen molar-refractivity contribution < 1.29 is 9.59 Å². The molecule has 0 bridgehead atoms. The van der Waals surface area contributed by atoms with E-state index in [0.717, 1.165) is 37.1 Å². The van der Waals surface area contributed by atoms with E-state index in [9.17, 15) is 9.59 Å². The van der Waals surface area contributed by atoms with E-state index < -0.39 is 6.04 Å². The van der Waals surface area contributed by atoms with E-state index in [1.54, 1.807) is 11.9 Å². The fourth-order valence-corrected chi connectivity index (χ4v) is 3.36. The number of carbonyl (C=O) groups excluding carboxylic acids is 2. The van der Waals surface area contributed by atoms with E-state index in [4.69, 9.17) is 0 Å². The van der Waals surface area contributed by atoms with Crippen LogP contribution in [0.5, 0.6) is 0 Å². The molecule has 0 spiro atoms. The highest BCUT2D eigenvalue weighted by Gasteiger charge is 2.36. The molecule has 1 aromatic carbocycles. The van der Waals surface area contributed by atoms with Crippen molar-refractivity contribution in [2.24, 2.45) is 0 Å². The fraction of sp³-hybridized carbons (Fsp3) is 0.529. The van der Waals surface area contributed by atoms with E-state index in [1.165, 1.54) is 12.8 Å². The highest BCUT2D eigenvalue weighted by Crippen LogP contribution is 2.31. The molecule has 3 rings (SSSR count). The summed E-state index contributed by atoms with van der Waals surface area (Å²) >= 11 is 0. The maximum absolute atomic E-state index is 13.0. The number of fused-ring (bicyclic) bond motifs is 1. The summed E-state index contributed by atoms with van der Waals surface area (Å²) in [7, 11) is 1.75. The molecule has 0 aromatic heterocycles. The van der Waals surface area contributed by atoms with Crippen molar-refractivity contribution >= 4 is 11.8 Å². The Balaban J connectivity index is 1.91. The number of likely N-dealkylation sites (tertiary alicyclic amines) is 1. The Bertz CT molecular complexity index is 547. The van der Waals surface area contributed by atoms with Crippen LogP contribution < -0.4 is 0 Å². The van der Waals surface area contributed by atoms with Gasteiger partial charge in [0.2, 0.25) is 11.8 Å². The lowest BCUT2D eigenvalue weighted by atomic mass is 9.91. The zero-order valence-electron chi connectivity index (χ0n) is 12.5. The van der Waals surface area contributed by atoms with E-state index in [0.29, 0.717) is 6.42 Å². The molecule has 112 valence electrons. The van der Waals surface area contributed by atoms with Gasteiger partial charge in [0, 0.05) is 20.1 Å². The van der Waals surface area contributed by atoms with Crippen molar-refractivity contribution in [3.63, 3.8) is 0 Å². The van der Waals surface area contributed by atoms with Crippen LogP contribution >= 0.6 is 0 Å². The summed E-state index contributed by atoms with van der Waals surface area (Å²) < 4.78 is 0. The zero-order valence-corrected chi connectivity index (χ0v) is 12.5. The quantitative estimate of drug-likeness (QED) is 0.793. The van der Waals surface area contributed by atoms with Crippen LogP contribution in [0.3, 0.4) is 0 Å². The lowest BCUT2D eigenvalue weighted by molar-refractivity contribution is -0.145. The number of amides is 2. The standard InChI is InChI=1S/C17H22N2O2/c1-18-15(20)12-13-8-4-5-9-14(13)16(18)17(21)19-10-6-2-3-7-11-19/h4-5,8-9,16H,2-3,6-7,10-12H2,1H3. The van der Waals surface area contributed by atoms with Crippen molar-refractivity contribution in [3.05, 3.63) is 35.4 Å². The number of hydrogen-bond acceptors (Lipinski definition) is 2. The van der Waals surface area contributed by atoms with Gasteiger partial charge in [0.15, 0.2) is 0 Å². The third-order valence-corrected chi connectivity index (χ3v) is 4.62. The molecule has 0 radical (unpaired) electrons. The minimum Gasteiger partial charge on any atom is -0.341 e. The van der Waals surface area contributed by atoms with Crippen LogP contribution in [0.2, 0.25) is 0 Å². The largest absolute Gasteiger partial charge is 0.341 e. The molecule has 2 heterocycles. The van der Waals surface area contributed by atoms with Crippen LogP contribution in [-0.4, -0.2) is 41.8 Å². The third kappa shape index (κ3) is 2.67. The first-order valence-corrected chi connectivity index (χ1v) is 7.81. The molecule has 1 fully saturated rings. The number of benzene rings is 1. The van der Waals surface area contributed by atoms with Gasteiger partial charge in [0.05, 0.1) is 6.42 Å². The van der Waals surface area contributed by atoms with E-state index in [-0.39, 0.29) is 11.8 Å². The summed E-state index contributed by atoms with van der Waals surface area (Å²) in [6.07, 6.45) is 4.92. The highest BCUT2D eigenvalue weighted by atomic mass is 16.2. The normalized spacial score (nSPS) is 22.7. The lowest BCUT2D eigenvalue weighted by Crippen LogP contribution is -2.47. The molecular formula is C17H22N2O2. The monoisotopic (exact) mass is 286 g/mol. The first kappa shape index (κ1) is 14.1. The van der Waals surface area contributed by atoms with Crippen LogP contribution in [0.1, 0.15) is 42.9 Å². The van der Waals surface area contributed by atoms with Gasteiger partial charge in [0.1, 0.15) is 6.04 Å². The molecule has 1 unspecified atom stereocenters. The van der Waals surface area contributed by atoms with Crippen LogP contribution in [0.4, 0.5) is 0 Å². The van der Waals surface area contributed by atoms with Crippen LogP contribution in [0.25, 0.3) is 0 Å². The maximum atomic E-state index is 13.0. The topological polar surface area (TPSA) is 40.6 Å². The molecule has 2 aliphatic heterocycles. The van der Waals surface area contributed by atoms with E-state index in [1.807, 2.05) is 29.2 Å². The number of carbonyl (C=O) groups is 2. The molecule has 4 heteroatoms. The number of nitrogens with zero attached hydrogens (tertiary/aromatic N) is 2. The van der Waals surface area contributed by atoms with Gasteiger partial charge in [0.25, 0.3) is 0 Å². The molecule has 4 nitrogen and oxygen atoms in total. The summed E-state index contributed by atoms with van der Waals surface area (Å²) in [5.41, 5.74) is 1.99. The molecule has 2 aliphatic rings. The van der Waals surface area contributed by atoms with Crippen LogP contribution in [0.15, 0.2) is 24.3 Å². The summed E-state index contributed by atoms with van der Waals surface area (Å²) in [4.78, 5) is 28.7. The van der Waals surface area contributed by atoms with Crippen molar-refractivity contribution in [2.45, 2.75) is 38.1 Å². The Morgan fingerprint density at radius 3 is 2.48 bits per heavy atom. The van der Waals surface area contributed by atoms with Gasteiger partial charge in [-0.3, -0.25) is 9.59 Å². The first-order valence-electron chi connectivity index (χ1n) is 7.81. The Kier molecular flexibility index (Phi) is 3.95. The second kappa shape index (κ2) is 5.88. The Morgan fingerprint density at radius 2 is 1.76 bits per heavy atom. The van der Waals surface area contributed by atoms with E-state index >= 15 is 0 Å². The molecule has 0 saturated carbocycles. The number of hydrogen-bond donors (Lipinski definition) is 0. The van der Waals surface area contributed by atoms with Gasteiger partial charge in [-0.1, -0.05) is 37.1 Å². The van der Waals surface area contributed by atoms with Gasteiger partial charge in [-0.05, 0) is 24.0 Å². The van der Waals surface area contributed by atoms with Crippen molar-refractivity contribution in [2.75, 3.05) is 20.1 Å². The maximum Gasteiger partial charge on any atom is 0.250 e. The second-order valence-electron chi connectivity index (χ2n) is 6.02. The molecule has 0 N–H and O–H groups in total. The van der Waals surface area contributed by atoms with Crippen molar-refractivity contribution in [1.82, 2.24) is 9.80 Å². The zero-order chi connectivity index (χ0) is 14.8. The van der Waals surface area contributed by atoms with Crippen LogP contribution in [0, 0.1) is 0 Å².